The predicted octanol–water partition coefficient (Wildman–Crippen LogP) is 3.10. The first-order valence-electron chi connectivity index (χ1n) is 6.44. The number of benzene rings is 2. The monoisotopic (exact) mass is 304 g/mol. The molecule has 2 N–H and O–H groups in total. The SMILES string of the molecule is COc1cccc(N(C)Cc2ccc(F)c(C(N)=S)c2)c1. The lowest BCUT2D eigenvalue weighted by Crippen LogP contribution is -2.18. The van der Waals surface area contributed by atoms with Crippen LogP contribution >= 0.6 is 12.2 Å². The second-order valence-corrected chi connectivity index (χ2v) is 5.18. The van der Waals surface area contributed by atoms with Crippen LogP contribution in [0.1, 0.15) is 11.1 Å². The maximum absolute atomic E-state index is 13.6. The summed E-state index contributed by atoms with van der Waals surface area (Å²) in [7, 11) is 3.59. The van der Waals surface area contributed by atoms with Gasteiger partial charge >= 0.3 is 0 Å². The zero-order valence-electron chi connectivity index (χ0n) is 12.0. The van der Waals surface area contributed by atoms with E-state index in [1.165, 1.54) is 6.07 Å². The number of thiocarbonyl (C=S) groups is 1. The molecule has 21 heavy (non-hydrogen) atoms. The van der Waals surface area contributed by atoms with Crippen LogP contribution in [0.4, 0.5) is 10.1 Å². The quantitative estimate of drug-likeness (QED) is 0.862. The third kappa shape index (κ3) is 3.70. The fourth-order valence-electron chi connectivity index (χ4n) is 2.07. The van der Waals surface area contributed by atoms with E-state index in [1.54, 1.807) is 19.2 Å². The second kappa shape index (κ2) is 6.54. The predicted molar refractivity (Wildman–Crippen MR) is 87.4 cm³/mol. The molecule has 0 aliphatic heterocycles. The molecule has 2 aromatic carbocycles. The van der Waals surface area contributed by atoms with Gasteiger partial charge in [0.1, 0.15) is 16.6 Å². The summed E-state index contributed by atoms with van der Waals surface area (Å²) in [5.41, 5.74) is 7.75. The molecule has 2 rings (SSSR count). The van der Waals surface area contributed by atoms with Gasteiger partial charge in [0.15, 0.2) is 0 Å². The molecule has 0 aliphatic carbocycles. The van der Waals surface area contributed by atoms with Gasteiger partial charge in [-0.3, -0.25) is 0 Å². The lowest BCUT2D eigenvalue weighted by Gasteiger charge is -2.20. The van der Waals surface area contributed by atoms with Crippen LogP contribution < -0.4 is 15.4 Å². The molecule has 5 heteroatoms. The highest BCUT2D eigenvalue weighted by atomic mass is 32.1. The minimum absolute atomic E-state index is 0.0679. The molecule has 0 amide bonds. The van der Waals surface area contributed by atoms with E-state index in [1.807, 2.05) is 36.2 Å². The van der Waals surface area contributed by atoms with Crippen LogP contribution in [0.15, 0.2) is 42.5 Å². The first-order chi connectivity index (χ1) is 10.0. The highest BCUT2D eigenvalue weighted by molar-refractivity contribution is 7.80. The van der Waals surface area contributed by atoms with E-state index < -0.39 is 5.82 Å². The molecule has 0 bridgehead atoms. The van der Waals surface area contributed by atoms with Gasteiger partial charge in [0.2, 0.25) is 0 Å². The molecular weight excluding hydrogens is 287 g/mol. The molecule has 2 aromatic rings. The summed E-state index contributed by atoms with van der Waals surface area (Å²) in [6.07, 6.45) is 0. The van der Waals surface area contributed by atoms with Gasteiger partial charge in [-0.25, -0.2) is 4.39 Å². The van der Waals surface area contributed by atoms with Gasteiger partial charge < -0.3 is 15.4 Å². The maximum Gasteiger partial charge on any atom is 0.133 e. The van der Waals surface area contributed by atoms with Crippen LogP contribution in [-0.2, 0) is 6.54 Å². The lowest BCUT2D eigenvalue weighted by molar-refractivity contribution is 0.415. The average molecular weight is 304 g/mol. The van der Waals surface area contributed by atoms with Crippen molar-refractivity contribution in [2.45, 2.75) is 6.54 Å². The normalized spacial score (nSPS) is 10.2. The van der Waals surface area contributed by atoms with E-state index in [-0.39, 0.29) is 10.6 Å². The van der Waals surface area contributed by atoms with Crippen LogP contribution in [0.3, 0.4) is 0 Å². The largest absolute Gasteiger partial charge is 0.497 e. The molecule has 0 unspecified atom stereocenters. The number of halogens is 1. The number of hydrogen-bond donors (Lipinski definition) is 1. The Morgan fingerprint density at radius 3 is 2.71 bits per heavy atom. The molecule has 0 aromatic heterocycles. The van der Waals surface area contributed by atoms with Crippen molar-refractivity contribution in [3.8, 4) is 5.75 Å². The molecule has 0 spiro atoms. The zero-order valence-corrected chi connectivity index (χ0v) is 12.8. The van der Waals surface area contributed by atoms with Gasteiger partial charge in [-0.05, 0) is 29.8 Å². The summed E-state index contributed by atoms with van der Waals surface area (Å²) in [6, 6.07) is 12.6. The number of anilines is 1. The fraction of sp³-hybridized carbons (Fsp3) is 0.188. The zero-order chi connectivity index (χ0) is 15.4. The molecule has 0 saturated carbocycles. The first-order valence-corrected chi connectivity index (χ1v) is 6.85. The molecule has 3 nitrogen and oxygen atoms in total. The number of nitrogens with two attached hydrogens (primary N) is 1. The Labute approximate surface area is 129 Å². The molecule has 110 valence electrons. The highest BCUT2D eigenvalue weighted by Crippen LogP contribution is 2.22. The minimum Gasteiger partial charge on any atom is -0.497 e. The standard InChI is InChI=1S/C16H17FN2OS/c1-19(12-4-3-5-13(9-12)20-2)10-11-6-7-15(17)14(8-11)16(18)21/h3-9H,10H2,1-2H3,(H2,18,21). The first kappa shape index (κ1) is 15.3. The van der Waals surface area contributed by atoms with E-state index in [4.69, 9.17) is 22.7 Å². The van der Waals surface area contributed by atoms with E-state index >= 15 is 0 Å². The number of rotatable bonds is 5. The minimum atomic E-state index is -0.393. The molecule has 0 atom stereocenters. The molecular formula is C16H17FN2OS. The van der Waals surface area contributed by atoms with Crippen molar-refractivity contribution in [1.82, 2.24) is 0 Å². The molecule has 0 fully saturated rings. The topological polar surface area (TPSA) is 38.5 Å². The van der Waals surface area contributed by atoms with Gasteiger partial charge in [-0.15, -0.1) is 0 Å². The van der Waals surface area contributed by atoms with Crippen molar-refractivity contribution in [2.75, 3.05) is 19.1 Å². The van der Waals surface area contributed by atoms with Crippen LogP contribution in [0.2, 0.25) is 0 Å². The summed E-state index contributed by atoms with van der Waals surface area (Å²) < 4.78 is 18.8. The Bertz CT molecular complexity index is 660. The van der Waals surface area contributed by atoms with E-state index in [0.29, 0.717) is 6.54 Å². The highest BCUT2D eigenvalue weighted by Gasteiger charge is 2.08. The van der Waals surface area contributed by atoms with E-state index in [9.17, 15) is 4.39 Å². The summed E-state index contributed by atoms with van der Waals surface area (Å²) in [6.45, 7) is 0.614. The van der Waals surface area contributed by atoms with Crippen molar-refractivity contribution in [1.29, 1.82) is 0 Å². The van der Waals surface area contributed by atoms with Gasteiger partial charge in [-0.2, -0.15) is 0 Å². The van der Waals surface area contributed by atoms with Gasteiger partial charge in [0.25, 0.3) is 0 Å². The van der Waals surface area contributed by atoms with Crippen molar-refractivity contribution in [3.05, 3.63) is 59.4 Å². The van der Waals surface area contributed by atoms with Gasteiger partial charge in [0.05, 0.1) is 7.11 Å². The lowest BCUT2D eigenvalue weighted by atomic mass is 10.1. The van der Waals surface area contributed by atoms with Crippen LogP contribution in [0.5, 0.6) is 5.75 Å². The van der Waals surface area contributed by atoms with Crippen LogP contribution in [0, 0.1) is 5.82 Å². The van der Waals surface area contributed by atoms with Crippen LogP contribution in [-0.4, -0.2) is 19.1 Å². The third-order valence-corrected chi connectivity index (χ3v) is 3.43. The maximum atomic E-state index is 13.6. The average Bonchev–Trinajstić information content (AvgIpc) is 2.49. The Kier molecular flexibility index (Phi) is 4.75. The van der Waals surface area contributed by atoms with Crippen molar-refractivity contribution in [2.24, 2.45) is 5.73 Å². The Morgan fingerprint density at radius 1 is 1.29 bits per heavy atom. The second-order valence-electron chi connectivity index (χ2n) is 4.74. The van der Waals surface area contributed by atoms with Crippen molar-refractivity contribution < 1.29 is 9.13 Å². The number of hydrogen-bond acceptors (Lipinski definition) is 3. The van der Waals surface area contributed by atoms with Crippen molar-refractivity contribution >= 4 is 22.9 Å². The van der Waals surface area contributed by atoms with Gasteiger partial charge in [0, 0.05) is 30.9 Å². The van der Waals surface area contributed by atoms with Gasteiger partial charge in [-0.1, -0.05) is 24.4 Å². The molecule has 0 heterocycles. The number of nitrogens with zero attached hydrogens (tertiary/aromatic N) is 1. The Morgan fingerprint density at radius 2 is 2.05 bits per heavy atom. The number of methoxy groups -OCH3 is 1. The smallest absolute Gasteiger partial charge is 0.133 e. The molecule has 0 aliphatic rings. The summed E-state index contributed by atoms with van der Waals surface area (Å²) >= 11 is 4.86. The third-order valence-electron chi connectivity index (χ3n) is 3.21. The number of ether oxygens (including phenoxy) is 1. The summed E-state index contributed by atoms with van der Waals surface area (Å²) in [4.78, 5) is 2.11. The molecule has 0 radical (unpaired) electrons. The molecule has 0 saturated heterocycles. The fourth-order valence-corrected chi connectivity index (χ4v) is 2.23. The summed E-state index contributed by atoms with van der Waals surface area (Å²) in [5.74, 6) is 0.401. The van der Waals surface area contributed by atoms with E-state index in [0.717, 1.165) is 17.0 Å². The summed E-state index contributed by atoms with van der Waals surface area (Å²) in [5, 5.41) is 0. The Hall–Kier alpha value is -2.14. The van der Waals surface area contributed by atoms with E-state index in [2.05, 4.69) is 0 Å². The van der Waals surface area contributed by atoms with Crippen LogP contribution in [0.25, 0.3) is 0 Å². The van der Waals surface area contributed by atoms with Crippen molar-refractivity contribution in [3.63, 3.8) is 0 Å². The Balaban J connectivity index is 2.21.